The molecule has 1 atom stereocenters. The minimum absolute atomic E-state index is 0.205. The molecule has 4 nitrogen and oxygen atoms in total. The van der Waals surface area contributed by atoms with Gasteiger partial charge in [0.05, 0.1) is 18.8 Å². The van der Waals surface area contributed by atoms with E-state index in [1.165, 1.54) is 0 Å². The van der Waals surface area contributed by atoms with Crippen LogP contribution in [0.1, 0.15) is 24.6 Å². The van der Waals surface area contributed by atoms with Gasteiger partial charge in [0, 0.05) is 19.4 Å². The summed E-state index contributed by atoms with van der Waals surface area (Å²) in [6.07, 6.45) is 5.43. The quantitative estimate of drug-likeness (QED) is 0.828. The van der Waals surface area contributed by atoms with E-state index in [2.05, 4.69) is 17.2 Å². The maximum Gasteiger partial charge on any atom is 0.122 e. The Balaban J connectivity index is 1.91. The van der Waals surface area contributed by atoms with E-state index in [1.807, 2.05) is 29.9 Å². The van der Waals surface area contributed by atoms with Crippen LogP contribution < -0.4 is 5.32 Å². The second-order valence-electron chi connectivity index (χ2n) is 3.57. The van der Waals surface area contributed by atoms with Crippen LogP contribution in [0.15, 0.2) is 35.2 Å². The van der Waals surface area contributed by atoms with Crippen LogP contribution in [-0.2, 0) is 13.6 Å². The lowest BCUT2D eigenvalue weighted by molar-refractivity contribution is 0.425. The number of aryl methyl sites for hydroxylation is 1. The van der Waals surface area contributed by atoms with Gasteiger partial charge in [0.2, 0.25) is 0 Å². The van der Waals surface area contributed by atoms with Gasteiger partial charge in [0.15, 0.2) is 0 Å². The van der Waals surface area contributed by atoms with Crippen LogP contribution in [0, 0.1) is 0 Å². The predicted molar refractivity (Wildman–Crippen MR) is 57.2 cm³/mol. The lowest BCUT2D eigenvalue weighted by atomic mass is 10.2. The highest BCUT2D eigenvalue weighted by molar-refractivity contribution is 5.03. The molecule has 0 aliphatic rings. The summed E-state index contributed by atoms with van der Waals surface area (Å²) in [5.41, 5.74) is 0. The topological polar surface area (TPSA) is 43.0 Å². The highest BCUT2D eigenvalue weighted by Gasteiger charge is 2.08. The van der Waals surface area contributed by atoms with Crippen LogP contribution in [0.4, 0.5) is 0 Å². The van der Waals surface area contributed by atoms with Crippen LogP contribution in [0.25, 0.3) is 0 Å². The average Bonchev–Trinajstić information content (AvgIpc) is 2.85. The van der Waals surface area contributed by atoms with Gasteiger partial charge < -0.3 is 14.3 Å². The van der Waals surface area contributed by atoms with Gasteiger partial charge in [-0.1, -0.05) is 0 Å². The zero-order chi connectivity index (χ0) is 10.7. The van der Waals surface area contributed by atoms with Crippen LogP contribution in [-0.4, -0.2) is 9.55 Å². The van der Waals surface area contributed by atoms with Gasteiger partial charge in [0.25, 0.3) is 0 Å². The fourth-order valence-corrected chi connectivity index (χ4v) is 1.45. The summed E-state index contributed by atoms with van der Waals surface area (Å²) < 4.78 is 7.31. The molecule has 15 heavy (non-hydrogen) atoms. The molecule has 0 radical (unpaired) electrons. The average molecular weight is 205 g/mol. The SMILES string of the molecule is CC(NCc1nccn1C)c1ccco1. The first-order chi connectivity index (χ1) is 7.27. The van der Waals surface area contributed by atoms with E-state index < -0.39 is 0 Å². The largest absolute Gasteiger partial charge is 0.468 e. The standard InChI is InChI=1S/C11H15N3O/c1-9(10-4-3-7-15-10)13-8-11-12-5-6-14(11)2/h3-7,9,13H,8H2,1-2H3. The Bertz CT molecular complexity index is 405. The highest BCUT2D eigenvalue weighted by Crippen LogP contribution is 2.12. The van der Waals surface area contributed by atoms with E-state index in [0.29, 0.717) is 0 Å². The molecule has 0 fully saturated rings. The number of aromatic nitrogens is 2. The van der Waals surface area contributed by atoms with Gasteiger partial charge in [-0.15, -0.1) is 0 Å². The van der Waals surface area contributed by atoms with Crippen molar-refractivity contribution in [1.29, 1.82) is 0 Å². The van der Waals surface area contributed by atoms with Crippen molar-refractivity contribution in [2.75, 3.05) is 0 Å². The molecule has 0 aliphatic heterocycles. The Labute approximate surface area is 88.9 Å². The molecule has 0 spiro atoms. The molecule has 4 heteroatoms. The van der Waals surface area contributed by atoms with Gasteiger partial charge in [0.1, 0.15) is 11.6 Å². The second kappa shape index (κ2) is 4.31. The molecule has 0 aromatic carbocycles. The zero-order valence-electron chi connectivity index (χ0n) is 8.97. The number of nitrogens with one attached hydrogen (secondary N) is 1. The first-order valence-corrected chi connectivity index (χ1v) is 5.00. The van der Waals surface area contributed by atoms with Gasteiger partial charge in [-0.3, -0.25) is 0 Å². The molecule has 0 saturated carbocycles. The van der Waals surface area contributed by atoms with Gasteiger partial charge in [-0.25, -0.2) is 4.98 Å². The summed E-state index contributed by atoms with van der Waals surface area (Å²) in [6.45, 7) is 2.81. The van der Waals surface area contributed by atoms with Crippen LogP contribution >= 0.6 is 0 Å². The molecule has 80 valence electrons. The molecule has 0 aliphatic carbocycles. The fraction of sp³-hybridized carbons (Fsp3) is 0.364. The smallest absolute Gasteiger partial charge is 0.122 e. The molecule has 0 saturated heterocycles. The van der Waals surface area contributed by atoms with Crippen molar-refractivity contribution < 1.29 is 4.42 Å². The molecule has 2 rings (SSSR count). The van der Waals surface area contributed by atoms with E-state index in [9.17, 15) is 0 Å². The third-order valence-electron chi connectivity index (χ3n) is 2.46. The molecular formula is C11H15N3O. The predicted octanol–water partition coefficient (Wildman–Crippen LogP) is 1.86. The van der Waals surface area contributed by atoms with E-state index in [1.54, 1.807) is 12.5 Å². The van der Waals surface area contributed by atoms with Crippen molar-refractivity contribution in [3.8, 4) is 0 Å². The van der Waals surface area contributed by atoms with E-state index in [-0.39, 0.29) is 6.04 Å². The van der Waals surface area contributed by atoms with E-state index in [0.717, 1.165) is 18.1 Å². The summed E-state index contributed by atoms with van der Waals surface area (Å²) in [4.78, 5) is 4.24. The highest BCUT2D eigenvalue weighted by atomic mass is 16.3. The van der Waals surface area contributed by atoms with Crippen molar-refractivity contribution in [3.63, 3.8) is 0 Å². The minimum atomic E-state index is 0.205. The zero-order valence-corrected chi connectivity index (χ0v) is 8.97. The second-order valence-corrected chi connectivity index (χ2v) is 3.57. The summed E-state index contributed by atoms with van der Waals surface area (Å²) in [7, 11) is 1.99. The third kappa shape index (κ3) is 2.27. The maximum absolute atomic E-state index is 5.31. The number of imidazole rings is 1. The Morgan fingerprint density at radius 2 is 2.47 bits per heavy atom. The first-order valence-electron chi connectivity index (χ1n) is 5.00. The number of furan rings is 1. The molecule has 1 unspecified atom stereocenters. The molecule has 0 amide bonds. The lowest BCUT2D eigenvalue weighted by Crippen LogP contribution is -2.19. The number of hydrogen-bond donors (Lipinski definition) is 1. The minimum Gasteiger partial charge on any atom is -0.468 e. The van der Waals surface area contributed by atoms with Crippen molar-refractivity contribution in [3.05, 3.63) is 42.4 Å². The summed E-state index contributed by atoms with van der Waals surface area (Å²) >= 11 is 0. The molecule has 2 aromatic rings. The molecule has 2 aromatic heterocycles. The summed E-state index contributed by atoms with van der Waals surface area (Å²) in [5, 5.41) is 3.35. The Morgan fingerprint density at radius 3 is 3.07 bits per heavy atom. The van der Waals surface area contributed by atoms with Crippen LogP contribution in [0.2, 0.25) is 0 Å². The van der Waals surface area contributed by atoms with Gasteiger partial charge in [-0.05, 0) is 19.1 Å². The number of nitrogens with zero attached hydrogens (tertiary/aromatic N) is 2. The van der Waals surface area contributed by atoms with Gasteiger partial charge >= 0.3 is 0 Å². The Hall–Kier alpha value is -1.55. The van der Waals surface area contributed by atoms with E-state index >= 15 is 0 Å². The number of rotatable bonds is 4. The van der Waals surface area contributed by atoms with Crippen molar-refractivity contribution in [2.24, 2.45) is 7.05 Å². The Morgan fingerprint density at radius 1 is 1.60 bits per heavy atom. The molecular weight excluding hydrogens is 190 g/mol. The lowest BCUT2D eigenvalue weighted by Gasteiger charge is -2.10. The Kier molecular flexibility index (Phi) is 2.87. The molecule has 1 N–H and O–H groups in total. The van der Waals surface area contributed by atoms with E-state index in [4.69, 9.17) is 4.42 Å². The summed E-state index contributed by atoms with van der Waals surface area (Å²) in [5.74, 6) is 1.97. The number of hydrogen-bond acceptors (Lipinski definition) is 3. The monoisotopic (exact) mass is 205 g/mol. The first kappa shape index (κ1) is 9.98. The van der Waals surface area contributed by atoms with Crippen molar-refractivity contribution in [1.82, 2.24) is 14.9 Å². The van der Waals surface area contributed by atoms with Crippen LogP contribution in [0.5, 0.6) is 0 Å². The van der Waals surface area contributed by atoms with Crippen molar-refractivity contribution >= 4 is 0 Å². The molecule has 2 heterocycles. The van der Waals surface area contributed by atoms with Crippen molar-refractivity contribution in [2.45, 2.75) is 19.5 Å². The maximum atomic E-state index is 5.31. The normalized spacial score (nSPS) is 12.9. The van der Waals surface area contributed by atoms with Gasteiger partial charge in [-0.2, -0.15) is 0 Å². The fourth-order valence-electron chi connectivity index (χ4n) is 1.45. The van der Waals surface area contributed by atoms with Crippen LogP contribution in [0.3, 0.4) is 0 Å². The summed E-state index contributed by atoms with van der Waals surface area (Å²) in [6, 6.07) is 4.07. The molecule has 0 bridgehead atoms. The third-order valence-corrected chi connectivity index (χ3v) is 2.46.